The maximum Gasteiger partial charge on any atom is 0.0661 e. The first-order valence-corrected chi connectivity index (χ1v) is 4.98. The number of hydrogen-bond donors (Lipinski definition) is 0. The molecule has 0 radical (unpaired) electrons. The summed E-state index contributed by atoms with van der Waals surface area (Å²) in [5.74, 6) is 0. The van der Waals surface area contributed by atoms with Gasteiger partial charge in [-0.1, -0.05) is 30.3 Å². The fourth-order valence-electron chi connectivity index (χ4n) is 1.19. The zero-order valence-corrected chi connectivity index (χ0v) is 8.86. The van der Waals surface area contributed by atoms with Crippen LogP contribution in [0.25, 0.3) is 0 Å². The molecule has 1 rings (SSSR count). The Morgan fingerprint density at radius 1 is 1.29 bits per heavy atom. The molecule has 2 heteroatoms. The molecule has 2 nitrogen and oxygen atoms in total. The summed E-state index contributed by atoms with van der Waals surface area (Å²) in [5, 5.41) is 0. The predicted molar refractivity (Wildman–Crippen MR) is 60.0 cm³/mol. The van der Waals surface area contributed by atoms with Crippen molar-refractivity contribution in [3.05, 3.63) is 35.9 Å². The van der Waals surface area contributed by atoms with Crippen LogP contribution in [-0.4, -0.2) is 25.5 Å². The third-order valence-corrected chi connectivity index (χ3v) is 1.98. The summed E-state index contributed by atoms with van der Waals surface area (Å²) in [6.45, 7) is 6.24. The first-order chi connectivity index (χ1) is 6.84. The number of nitrogens with zero attached hydrogens (tertiary/aromatic N) is 1. The quantitative estimate of drug-likeness (QED) is 0.517. The molecule has 0 unspecified atom stereocenters. The molecule has 0 saturated heterocycles. The van der Waals surface area contributed by atoms with Gasteiger partial charge in [0, 0.05) is 12.3 Å². The summed E-state index contributed by atoms with van der Waals surface area (Å²) < 4.78 is 5.21. The molecule has 0 aliphatic heterocycles. The van der Waals surface area contributed by atoms with Crippen molar-refractivity contribution in [2.24, 2.45) is 4.99 Å². The maximum atomic E-state index is 5.21. The van der Waals surface area contributed by atoms with Crippen molar-refractivity contribution in [2.45, 2.75) is 13.8 Å². The van der Waals surface area contributed by atoms with Gasteiger partial charge >= 0.3 is 0 Å². The number of benzene rings is 1. The van der Waals surface area contributed by atoms with E-state index in [9.17, 15) is 0 Å². The van der Waals surface area contributed by atoms with Gasteiger partial charge < -0.3 is 4.74 Å². The van der Waals surface area contributed by atoms with Crippen molar-refractivity contribution in [1.82, 2.24) is 0 Å². The van der Waals surface area contributed by atoms with E-state index in [4.69, 9.17) is 4.74 Å². The van der Waals surface area contributed by atoms with Gasteiger partial charge in [0.15, 0.2) is 0 Å². The summed E-state index contributed by atoms with van der Waals surface area (Å²) in [4.78, 5) is 4.42. The summed E-state index contributed by atoms with van der Waals surface area (Å²) >= 11 is 0. The zero-order chi connectivity index (χ0) is 10.2. The fourth-order valence-corrected chi connectivity index (χ4v) is 1.19. The van der Waals surface area contributed by atoms with Gasteiger partial charge in [0.2, 0.25) is 0 Å². The van der Waals surface area contributed by atoms with Crippen LogP contribution >= 0.6 is 0 Å². The fraction of sp³-hybridized carbons (Fsp3) is 0.417. The molecule has 14 heavy (non-hydrogen) atoms. The van der Waals surface area contributed by atoms with E-state index in [1.165, 1.54) is 5.56 Å². The minimum Gasteiger partial charge on any atom is -0.380 e. The Labute approximate surface area is 85.6 Å². The molecular weight excluding hydrogens is 174 g/mol. The lowest BCUT2D eigenvalue weighted by molar-refractivity contribution is 0.156. The molecule has 0 amide bonds. The molecular formula is C12H17NO. The molecule has 0 bridgehead atoms. The Kier molecular flexibility index (Phi) is 4.94. The van der Waals surface area contributed by atoms with E-state index in [-0.39, 0.29) is 0 Å². The van der Waals surface area contributed by atoms with Gasteiger partial charge in [0.25, 0.3) is 0 Å². The van der Waals surface area contributed by atoms with Crippen LogP contribution in [0.3, 0.4) is 0 Å². The Morgan fingerprint density at radius 3 is 2.64 bits per heavy atom. The Balaban J connectivity index is 2.44. The van der Waals surface area contributed by atoms with Crippen molar-refractivity contribution in [3.63, 3.8) is 0 Å². The van der Waals surface area contributed by atoms with Crippen LogP contribution in [-0.2, 0) is 4.74 Å². The SMILES string of the molecule is CCOCCN=C(C)c1ccccc1. The average molecular weight is 191 g/mol. The first kappa shape index (κ1) is 10.9. The summed E-state index contributed by atoms with van der Waals surface area (Å²) in [5.41, 5.74) is 2.26. The standard InChI is InChI=1S/C12H17NO/c1-3-14-10-9-13-11(2)12-7-5-4-6-8-12/h4-8H,3,9-10H2,1-2H3. The normalized spacial score (nSPS) is 11.7. The largest absolute Gasteiger partial charge is 0.380 e. The van der Waals surface area contributed by atoms with Gasteiger partial charge in [-0.3, -0.25) is 4.99 Å². The predicted octanol–water partition coefficient (Wildman–Crippen LogP) is 2.53. The second-order valence-corrected chi connectivity index (χ2v) is 3.03. The molecule has 0 aromatic heterocycles. The lowest BCUT2D eigenvalue weighted by atomic mass is 10.1. The highest BCUT2D eigenvalue weighted by atomic mass is 16.5. The second kappa shape index (κ2) is 6.33. The highest BCUT2D eigenvalue weighted by Gasteiger charge is 1.93. The Bertz CT molecular complexity index is 280. The third-order valence-electron chi connectivity index (χ3n) is 1.98. The van der Waals surface area contributed by atoms with E-state index in [0.29, 0.717) is 6.61 Å². The van der Waals surface area contributed by atoms with E-state index in [2.05, 4.69) is 17.1 Å². The molecule has 0 saturated carbocycles. The zero-order valence-electron chi connectivity index (χ0n) is 8.86. The number of rotatable bonds is 5. The molecule has 0 aliphatic rings. The minimum atomic E-state index is 0.709. The summed E-state index contributed by atoms with van der Waals surface area (Å²) in [7, 11) is 0. The number of aliphatic imine (C=N–C) groups is 1. The van der Waals surface area contributed by atoms with Gasteiger partial charge in [-0.2, -0.15) is 0 Å². The molecule has 0 spiro atoms. The van der Waals surface area contributed by atoms with Crippen LogP contribution < -0.4 is 0 Å². The van der Waals surface area contributed by atoms with Gasteiger partial charge in [-0.15, -0.1) is 0 Å². The monoisotopic (exact) mass is 191 g/mol. The van der Waals surface area contributed by atoms with Crippen LogP contribution in [0.15, 0.2) is 35.3 Å². The number of hydrogen-bond acceptors (Lipinski definition) is 2. The van der Waals surface area contributed by atoms with Crippen LogP contribution in [0, 0.1) is 0 Å². The van der Waals surface area contributed by atoms with Crippen LogP contribution in [0.4, 0.5) is 0 Å². The minimum absolute atomic E-state index is 0.709. The van der Waals surface area contributed by atoms with Crippen molar-refractivity contribution in [1.29, 1.82) is 0 Å². The van der Waals surface area contributed by atoms with Crippen LogP contribution in [0.5, 0.6) is 0 Å². The van der Waals surface area contributed by atoms with Crippen molar-refractivity contribution < 1.29 is 4.74 Å². The molecule has 1 aromatic rings. The molecule has 0 N–H and O–H groups in total. The van der Waals surface area contributed by atoms with Crippen molar-refractivity contribution in [2.75, 3.05) is 19.8 Å². The van der Waals surface area contributed by atoms with Gasteiger partial charge in [0.1, 0.15) is 0 Å². The molecule has 76 valence electrons. The Morgan fingerprint density at radius 2 is 2.00 bits per heavy atom. The van der Waals surface area contributed by atoms with Gasteiger partial charge in [0.05, 0.1) is 13.2 Å². The molecule has 1 aromatic carbocycles. The van der Waals surface area contributed by atoms with Crippen molar-refractivity contribution in [3.8, 4) is 0 Å². The van der Waals surface area contributed by atoms with Crippen LogP contribution in [0.1, 0.15) is 19.4 Å². The highest BCUT2D eigenvalue weighted by molar-refractivity contribution is 5.98. The highest BCUT2D eigenvalue weighted by Crippen LogP contribution is 2.00. The topological polar surface area (TPSA) is 21.6 Å². The Hall–Kier alpha value is -1.15. The van der Waals surface area contributed by atoms with E-state index in [1.807, 2.05) is 32.0 Å². The van der Waals surface area contributed by atoms with E-state index >= 15 is 0 Å². The molecule has 0 fully saturated rings. The smallest absolute Gasteiger partial charge is 0.0661 e. The van der Waals surface area contributed by atoms with E-state index in [1.54, 1.807) is 0 Å². The van der Waals surface area contributed by atoms with E-state index < -0.39 is 0 Å². The van der Waals surface area contributed by atoms with Gasteiger partial charge in [-0.25, -0.2) is 0 Å². The van der Waals surface area contributed by atoms with Crippen LogP contribution in [0.2, 0.25) is 0 Å². The lowest BCUT2D eigenvalue weighted by Gasteiger charge is -2.01. The van der Waals surface area contributed by atoms with Crippen molar-refractivity contribution >= 4 is 5.71 Å². The molecule has 0 heterocycles. The first-order valence-electron chi connectivity index (χ1n) is 4.98. The van der Waals surface area contributed by atoms with E-state index in [0.717, 1.165) is 18.9 Å². The molecule has 0 aliphatic carbocycles. The maximum absolute atomic E-state index is 5.21. The van der Waals surface area contributed by atoms with Gasteiger partial charge in [-0.05, 0) is 19.4 Å². The second-order valence-electron chi connectivity index (χ2n) is 3.03. The lowest BCUT2D eigenvalue weighted by Crippen LogP contribution is -2.01. The average Bonchev–Trinajstić information content (AvgIpc) is 2.25. The molecule has 0 atom stereocenters. The third kappa shape index (κ3) is 3.71. The number of ether oxygens (including phenoxy) is 1. The summed E-state index contributed by atoms with van der Waals surface area (Å²) in [6.07, 6.45) is 0. The summed E-state index contributed by atoms with van der Waals surface area (Å²) in [6, 6.07) is 10.2.